The van der Waals surface area contributed by atoms with E-state index in [-0.39, 0.29) is 0 Å². The molecule has 0 fully saturated rings. The Bertz CT molecular complexity index is 555. The molecule has 1 heterocycles. The van der Waals surface area contributed by atoms with Gasteiger partial charge in [0.1, 0.15) is 0 Å². The zero-order chi connectivity index (χ0) is 14.2. The van der Waals surface area contributed by atoms with Gasteiger partial charge in [0.05, 0.1) is 6.07 Å². The molecule has 20 heavy (non-hydrogen) atoms. The van der Waals surface area contributed by atoms with Crippen LogP contribution in [0.5, 0.6) is 0 Å². The monoisotopic (exact) mass is 265 g/mol. The quantitative estimate of drug-likeness (QED) is 0.810. The predicted octanol–water partition coefficient (Wildman–Crippen LogP) is 3.70. The van der Waals surface area contributed by atoms with Crippen molar-refractivity contribution in [2.45, 2.75) is 25.8 Å². The summed E-state index contributed by atoms with van der Waals surface area (Å²) in [5, 5.41) is 11.9. The second-order valence-electron chi connectivity index (χ2n) is 4.80. The number of nitrogens with one attached hydrogen (secondary N) is 1. The highest BCUT2D eigenvalue weighted by molar-refractivity contribution is 5.62. The summed E-state index contributed by atoms with van der Waals surface area (Å²) in [7, 11) is 0. The lowest BCUT2D eigenvalue weighted by Gasteiger charge is -2.14. The Kier molecular flexibility index (Phi) is 5.28. The fraction of sp³-hybridized carbons (Fsp3) is 0.294. The number of aromatic nitrogens is 1. The van der Waals surface area contributed by atoms with Crippen molar-refractivity contribution in [1.29, 1.82) is 5.26 Å². The Balaban J connectivity index is 1.96. The van der Waals surface area contributed by atoms with E-state index >= 15 is 0 Å². The van der Waals surface area contributed by atoms with Gasteiger partial charge in [-0.15, -0.1) is 0 Å². The summed E-state index contributed by atoms with van der Waals surface area (Å²) in [4.78, 5) is 4.03. The first kappa shape index (κ1) is 14.2. The number of benzene rings is 1. The van der Waals surface area contributed by atoms with Crippen LogP contribution in [0.25, 0.3) is 11.1 Å². The van der Waals surface area contributed by atoms with Crippen LogP contribution >= 0.6 is 0 Å². The Morgan fingerprint density at radius 2 is 1.75 bits per heavy atom. The number of hydrogen-bond acceptors (Lipinski definition) is 3. The van der Waals surface area contributed by atoms with Crippen molar-refractivity contribution in [3.63, 3.8) is 0 Å². The average Bonchev–Trinajstić information content (AvgIpc) is 2.52. The molecule has 0 saturated heterocycles. The summed E-state index contributed by atoms with van der Waals surface area (Å²) < 4.78 is 0. The van der Waals surface area contributed by atoms with Gasteiger partial charge in [-0.25, -0.2) is 0 Å². The summed E-state index contributed by atoms with van der Waals surface area (Å²) in [5.74, 6) is 0. The van der Waals surface area contributed by atoms with Crippen LogP contribution in [0.15, 0.2) is 48.8 Å². The minimum Gasteiger partial charge on any atom is -0.310 e. The van der Waals surface area contributed by atoms with E-state index < -0.39 is 0 Å². The summed E-state index contributed by atoms with van der Waals surface area (Å²) >= 11 is 0. The number of unbranched alkanes of at least 4 members (excludes halogenated alkanes) is 1. The molecule has 1 atom stereocenters. The molecule has 1 aromatic carbocycles. The molecule has 0 aliphatic carbocycles. The fourth-order valence-corrected chi connectivity index (χ4v) is 2.11. The molecule has 3 heteroatoms. The number of rotatable bonds is 6. The maximum atomic E-state index is 8.51. The lowest BCUT2D eigenvalue weighted by atomic mass is 10.0. The molecule has 0 aliphatic rings. The van der Waals surface area contributed by atoms with Gasteiger partial charge in [0.2, 0.25) is 0 Å². The second kappa shape index (κ2) is 7.42. The number of nitriles is 1. The highest BCUT2D eigenvalue weighted by Gasteiger charge is 2.04. The van der Waals surface area contributed by atoms with Crippen LogP contribution < -0.4 is 5.32 Å². The molecule has 0 radical (unpaired) electrons. The number of hydrogen-bond donors (Lipinski definition) is 1. The van der Waals surface area contributed by atoms with Gasteiger partial charge < -0.3 is 5.32 Å². The molecule has 0 bridgehead atoms. The number of pyridine rings is 1. The third-order valence-corrected chi connectivity index (χ3v) is 3.34. The fourth-order valence-electron chi connectivity index (χ4n) is 2.11. The van der Waals surface area contributed by atoms with Gasteiger partial charge >= 0.3 is 0 Å². The summed E-state index contributed by atoms with van der Waals surface area (Å²) in [6, 6.07) is 15.1. The summed E-state index contributed by atoms with van der Waals surface area (Å²) in [6.07, 6.45) is 5.13. The van der Waals surface area contributed by atoms with Gasteiger partial charge in [-0.2, -0.15) is 5.26 Å². The Morgan fingerprint density at radius 1 is 1.10 bits per heavy atom. The molecule has 102 valence electrons. The minimum atomic E-state index is 0.306. The molecule has 0 spiro atoms. The van der Waals surface area contributed by atoms with Crippen LogP contribution in [0.1, 0.15) is 31.4 Å². The van der Waals surface area contributed by atoms with E-state index in [0.29, 0.717) is 12.5 Å². The predicted molar refractivity (Wildman–Crippen MR) is 80.9 cm³/mol. The van der Waals surface area contributed by atoms with Gasteiger partial charge in [-0.05, 0) is 48.7 Å². The van der Waals surface area contributed by atoms with Crippen LogP contribution in [0.3, 0.4) is 0 Å². The molecule has 1 aromatic heterocycles. The van der Waals surface area contributed by atoms with Crippen LogP contribution in [-0.4, -0.2) is 11.5 Å². The highest BCUT2D eigenvalue weighted by Crippen LogP contribution is 2.21. The van der Waals surface area contributed by atoms with E-state index in [2.05, 4.69) is 47.6 Å². The van der Waals surface area contributed by atoms with Crippen molar-refractivity contribution in [3.05, 3.63) is 54.4 Å². The Labute approximate surface area is 120 Å². The Hall–Kier alpha value is -2.18. The van der Waals surface area contributed by atoms with Crippen molar-refractivity contribution < 1.29 is 0 Å². The number of nitrogens with zero attached hydrogens (tertiary/aromatic N) is 2. The van der Waals surface area contributed by atoms with E-state index in [1.54, 1.807) is 0 Å². The molecular formula is C17H19N3. The normalized spacial score (nSPS) is 11.8. The largest absolute Gasteiger partial charge is 0.310 e. The van der Waals surface area contributed by atoms with Gasteiger partial charge in [-0.3, -0.25) is 4.98 Å². The van der Waals surface area contributed by atoms with Crippen LogP contribution in [0, 0.1) is 11.3 Å². The van der Waals surface area contributed by atoms with Crippen molar-refractivity contribution in [3.8, 4) is 17.2 Å². The topological polar surface area (TPSA) is 48.7 Å². The minimum absolute atomic E-state index is 0.306. The maximum absolute atomic E-state index is 8.51. The van der Waals surface area contributed by atoms with E-state index in [0.717, 1.165) is 13.0 Å². The van der Waals surface area contributed by atoms with E-state index in [4.69, 9.17) is 5.26 Å². The first-order chi connectivity index (χ1) is 9.81. The zero-order valence-electron chi connectivity index (χ0n) is 11.7. The molecule has 2 rings (SSSR count). The van der Waals surface area contributed by atoms with Crippen LogP contribution in [0.2, 0.25) is 0 Å². The molecule has 2 aromatic rings. The third kappa shape index (κ3) is 3.91. The third-order valence-electron chi connectivity index (χ3n) is 3.34. The first-order valence-corrected chi connectivity index (χ1v) is 6.92. The summed E-state index contributed by atoms with van der Waals surface area (Å²) in [5.41, 5.74) is 3.65. The van der Waals surface area contributed by atoms with Crippen LogP contribution in [0.4, 0.5) is 0 Å². The van der Waals surface area contributed by atoms with Crippen molar-refractivity contribution in [2.75, 3.05) is 6.54 Å². The van der Waals surface area contributed by atoms with Crippen molar-refractivity contribution in [2.24, 2.45) is 0 Å². The second-order valence-corrected chi connectivity index (χ2v) is 4.80. The standard InChI is InChI=1S/C17H19N3/c1-14(20-11-3-2-10-18)15-4-6-16(7-5-15)17-8-12-19-13-9-17/h4-9,12-14,20H,2-3,11H2,1H3/t14-/m0/s1. The zero-order valence-corrected chi connectivity index (χ0v) is 11.7. The molecule has 0 aliphatic heterocycles. The van der Waals surface area contributed by atoms with Crippen LogP contribution in [-0.2, 0) is 0 Å². The smallest absolute Gasteiger partial charge is 0.0622 e. The molecule has 0 unspecified atom stereocenters. The SMILES string of the molecule is C[C@H](NCCCC#N)c1ccc(-c2ccncc2)cc1. The van der Waals surface area contributed by atoms with Gasteiger partial charge in [-0.1, -0.05) is 24.3 Å². The highest BCUT2D eigenvalue weighted by atomic mass is 14.9. The lowest BCUT2D eigenvalue weighted by Crippen LogP contribution is -2.19. The van der Waals surface area contributed by atoms with Gasteiger partial charge in [0, 0.05) is 24.9 Å². The van der Waals surface area contributed by atoms with Crippen molar-refractivity contribution >= 4 is 0 Å². The van der Waals surface area contributed by atoms with Gasteiger partial charge in [0.25, 0.3) is 0 Å². The first-order valence-electron chi connectivity index (χ1n) is 6.92. The van der Waals surface area contributed by atoms with E-state index in [9.17, 15) is 0 Å². The lowest BCUT2D eigenvalue weighted by molar-refractivity contribution is 0.562. The molecule has 0 saturated carbocycles. The maximum Gasteiger partial charge on any atom is 0.0622 e. The summed E-state index contributed by atoms with van der Waals surface area (Å²) in [6.45, 7) is 3.02. The van der Waals surface area contributed by atoms with E-state index in [1.165, 1.54) is 16.7 Å². The Morgan fingerprint density at radius 3 is 2.40 bits per heavy atom. The average molecular weight is 265 g/mol. The van der Waals surface area contributed by atoms with Gasteiger partial charge in [0.15, 0.2) is 0 Å². The molecule has 3 nitrogen and oxygen atoms in total. The van der Waals surface area contributed by atoms with Crippen molar-refractivity contribution in [1.82, 2.24) is 10.3 Å². The molecule has 1 N–H and O–H groups in total. The van der Waals surface area contributed by atoms with E-state index in [1.807, 2.05) is 24.5 Å². The molecule has 0 amide bonds. The molecular weight excluding hydrogens is 246 g/mol.